The maximum Gasteiger partial charge on any atom is 0.344 e. The van der Waals surface area contributed by atoms with Gasteiger partial charge in [0.15, 0.2) is 6.61 Å². The number of carbonyl (C=O) groups excluding carboxylic acids is 2. The van der Waals surface area contributed by atoms with E-state index >= 15 is 0 Å². The van der Waals surface area contributed by atoms with Crippen LogP contribution in [-0.4, -0.2) is 18.5 Å². The monoisotopic (exact) mass is 350 g/mol. The van der Waals surface area contributed by atoms with E-state index in [-0.39, 0.29) is 16.3 Å². The number of esters is 1. The third-order valence-corrected chi connectivity index (χ3v) is 3.19. The highest BCUT2D eigenvalue weighted by atomic mass is 35.5. The van der Waals surface area contributed by atoms with Gasteiger partial charge in [-0.15, -0.1) is 0 Å². The second-order valence-corrected chi connectivity index (χ2v) is 4.93. The van der Waals surface area contributed by atoms with E-state index in [4.69, 9.17) is 16.9 Å². The van der Waals surface area contributed by atoms with Gasteiger partial charge in [-0.05, 0) is 30.3 Å². The molecule has 5 nitrogen and oxygen atoms in total. The molecule has 0 fully saturated rings. The van der Waals surface area contributed by atoms with Gasteiger partial charge in [0, 0.05) is 5.69 Å². The maximum atomic E-state index is 13.4. The van der Waals surface area contributed by atoms with Crippen molar-refractivity contribution in [2.24, 2.45) is 0 Å². The predicted octanol–water partition coefficient (Wildman–Crippen LogP) is 3.29. The largest absolute Gasteiger partial charge is 0.452 e. The van der Waals surface area contributed by atoms with Crippen molar-refractivity contribution in [1.82, 2.24) is 0 Å². The van der Waals surface area contributed by atoms with Crippen molar-refractivity contribution < 1.29 is 23.1 Å². The molecule has 0 aliphatic rings. The molecule has 0 aromatic heterocycles. The molecular weight excluding hydrogens is 342 g/mol. The number of rotatable bonds is 4. The Kier molecular flexibility index (Phi) is 5.45. The summed E-state index contributed by atoms with van der Waals surface area (Å²) in [5, 5.41) is 11.3. The first-order chi connectivity index (χ1) is 11.4. The van der Waals surface area contributed by atoms with Gasteiger partial charge in [0.2, 0.25) is 0 Å². The van der Waals surface area contributed by atoms with Crippen LogP contribution in [0.2, 0.25) is 5.02 Å². The Morgan fingerprint density at radius 3 is 2.46 bits per heavy atom. The standard InChI is InChI=1S/C16H9ClF2N2O3/c17-11-6-10(5-4-9(11)7-20)21-14(22)8-24-16(23)15-12(18)2-1-3-13(15)19/h1-6H,8H2,(H,21,22). The Labute approximate surface area is 140 Å². The first kappa shape index (κ1) is 17.4. The molecule has 0 aliphatic heterocycles. The van der Waals surface area contributed by atoms with Crippen LogP contribution in [0.3, 0.4) is 0 Å². The van der Waals surface area contributed by atoms with Crippen LogP contribution in [-0.2, 0) is 9.53 Å². The third kappa shape index (κ3) is 4.06. The van der Waals surface area contributed by atoms with E-state index in [0.29, 0.717) is 0 Å². The number of amides is 1. The highest BCUT2D eigenvalue weighted by Crippen LogP contribution is 2.20. The SMILES string of the molecule is N#Cc1ccc(NC(=O)COC(=O)c2c(F)cccc2F)cc1Cl. The summed E-state index contributed by atoms with van der Waals surface area (Å²) in [6.07, 6.45) is 0. The van der Waals surface area contributed by atoms with Crippen molar-refractivity contribution in [3.05, 3.63) is 64.2 Å². The number of nitriles is 1. The highest BCUT2D eigenvalue weighted by molar-refractivity contribution is 6.32. The highest BCUT2D eigenvalue weighted by Gasteiger charge is 2.19. The van der Waals surface area contributed by atoms with Crippen molar-refractivity contribution in [1.29, 1.82) is 5.26 Å². The van der Waals surface area contributed by atoms with Crippen LogP contribution in [0.5, 0.6) is 0 Å². The number of halogens is 3. The van der Waals surface area contributed by atoms with E-state index in [1.165, 1.54) is 18.2 Å². The van der Waals surface area contributed by atoms with Crippen molar-refractivity contribution in [2.75, 3.05) is 11.9 Å². The zero-order chi connectivity index (χ0) is 17.7. The van der Waals surface area contributed by atoms with Crippen LogP contribution >= 0.6 is 11.6 Å². The number of ether oxygens (including phenoxy) is 1. The molecule has 1 N–H and O–H groups in total. The number of nitrogens with one attached hydrogen (secondary N) is 1. The molecule has 0 bridgehead atoms. The van der Waals surface area contributed by atoms with Gasteiger partial charge in [-0.25, -0.2) is 13.6 Å². The van der Waals surface area contributed by atoms with Crippen LogP contribution in [0.25, 0.3) is 0 Å². The van der Waals surface area contributed by atoms with E-state index in [2.05, 4.69) is 10.1 Å². The van der Waals surface area contributed by atoms with Gasteiger partial charge >= 0.3 is 5.97 Å². The van der Waals surface area contributed by atoms with Gasteiger partial charge in [0.25, 0.3) is 5.91 Å². The molecule has 1 amide bonds. The van der Waals surface area contributed by atoms with E-state index in [1.807, 2.05) is 6.07 Å². The van der Waals surface area contributed by atoms with Crippen molar-refractivity contribution >= 4 is 29.2 Å². The summed E-state index contributed by atoms with van der Waals surface area (Å²) in [6, 6.07) is 8.94. The summed E-state index contributed by atoms with van der Waals surface area (Å²) in [5.41, 5.74) is -0.361. The molecule has 8 heteroatoms. The Morgan fingerprint density at radius 2 is 1.88 bits per heavy atom. The molecule has 0 saturated heterocycles. The van der Waals surface area contributed by atoms with Crippen molar-refractivity contribution in [2.45, 2.75) is 0 Å². The molecule has 122 valence electrons. The first-order valence-corrected chi connectivity index (χ1v) is 6.91. The normalized spacial score (nSPS) is 9.92. The molecule has 0 aliphatic carbocycles. The maximum absolute atomic E-state index is 13.4. The fourth-order valence-corrected chi connectivity index (χ4v) is 2.00. The van der Waals surface area contributed by atoms with Crippen LogP contribution in [0.4, 0.5) is 14.5 Å². The Hall–Kier alpha value is -2.98. The molecule has 0 atom stereocenters. The molecule has 0 unspecified atom stereocenters. The lowest BCUT2D eigenvalue weighted by Crippen LogP contribution is -2.22. The quantitative estimate of drug-likeness (QED) is 0.858. The van der Waals surface area contributed by atoms with Gasteiger partial charge in [-0.1, -0.05) is 17.7 Å². The summed E-state index contributed by atoms with van der Waals surface area (Å²) in [4.78, 5) is 23.3. The first-order valence-electron chi connectivity index (χ1n) is 6.53. The lowest BCUT2D eigenvalue weighted by molar-refractivity contribution is -0.119. The van der Waals surface area contributed by atoms with Gasteiger partial charge in [0.1, 0.15) is 23.3 Å². The summed E-state index contributed by atoms with van der Waals surface area (Å²) in [5.74, 6) is -4.20. The zero-order valence-electron chi connectivity index (χ0n) is 12.0. The number of anilines is 1. The Morgan fingerprint density at radius 1 is 1.21 bits per heavy atom. The second kappa shape index (κ2) is 7.53. The zero-order valence-corrected chi connectivity index (χ0v) is 12.7. The molecule has 2 aromatic rings. The molecule has 0 saturated carbocycles. The van der Waals surface area contributed by atoms with Crippen LogP contribution in [0, 0.1) is 23.0 Å². The molecular formula is C16H9ClF2N2O3. The summed E-state index contributed by atoms with van der Waals surface area (Å²) in [6.45, 7) is -0.746. The number of benzene rings is 2. The Bertz CT molecular complexity index is 829. The lowest BCUT2D eigenvalue weighted by Gasteiger charge is -2.08. The van der Waals surface area contributed by atoms with Crippen LogP contribution < -0.4 is 5.32 Å². The molecule has 2 rings (SSSR count). The molecule has 0 spiro atoms. The summed E-state index contributed by atoms with van der Waals surface area (Å²) < 4.78 is 31.4. The van der Waals surface area contributed by atoms with E-state index in [0.717, 1.165) is 18.2 Å². The number of hydrogen-bond donors (Lipinski definition) is 1. The van der Waals surface area contributed by atoms with Crippen molar-refractivity contribution in [3.8, 4) is 6.07 Å². The molecule has 0 radical (unpaired) electrons. The minimum absolute atomic E-state index is 0.140. The van der Waals surface area contributed by atoms with Gasteiger partial charge in [-0.2, -0.15) is 5.26 Å². The summed E-state index contributed by atoms with van der Waals surface area (Å²) >= 11 is 5.81. The fraction of sp³-hybridized carbons (Fsp3) is 0.0625. The third-order valence-electron chi connectivity index (χ3n) is 2.87. The van der Waals surface area contributed by atoms with Gasteiger partial charge < -0.3 is 10.1 Å². The predicted molar refractivity (Wildman–Crippen MR) is 81.4 cm³/mol. The van der Waals surface area contributed by atoms with E-state index in [9.17, 15) is 18.4 Å². The average Bonchev–Trinajstić information content (AvgIpc) is 2.53. The van der Waals surface area contributed by atoms with Crippen molar-refractivity contribution in [3.63, 3.8) is 0 Å². The summed E-state index contributed by atoms with van der Waals surface area (Å²) in [7, 11) is 0. The van der Waals surface area contributed by atoms with E-state index < -0.39 is 35.7 Å². The minimum Gasteiger partial charge on any atom is -0.452 e. The van der Waals surface area contributed by atoms with Crippen LogP contribution in [0.1, 0.15) is 15.9 Å². The topological polar surface area (TPSA) is 79.2 Å². The number of carbonyl (C=O) groups is 2. The molecule has 2 aromatic carbocycles. The smallest absolute Gasteiger partial charge is 0.344 e. The van der Waals surface area contributed by atoms with Crippen LogP contribution in [0.15, 0.2) is 36.4 Å². The number of hydrogen-bond acceptors (Lipinski definition) is 4. The lowest BCUT2D eigenvalue weighted by atomic mass is 10.2. The van der Waals surface area contributed by atoms with Gasteiger partial charge in [0.05, 0.1) is 10.6 Å². The molecule has 24 heavy (non-hydrogen) atoms. The number of nitrogens with zero attached hydrogens (tertiary/aromatic N) is 1. The van der Waals surface area contributed by atoms with Gasteiger partial charge in [-0.3, -0.25) is 4.79 Å². The molecule has 0 heterocycles. The second-order valence-electron chi connectivity index (χ2n) is 4.53. The minimum atomic E-state index is -1.29. The van der Waals surface area contributed by atoms with E-state index in [1.54, 1.807) is 0 Å². The fourth-order valence-electron chi connectivity index (χ4n) is 1.78. The average molecular weight is 351 g/mol. The Balaban J connectivity index is 1.97.